The Morgan fingerprint density at radius 1 is 0.970 bits per heavy atom. The number of carbonyl (C=O) groups is 1. The fourth-order valence-electron chi connectivity index (χ4n) is 5.34. The number of aryl methyl sites for hydroxylation is 2. The summed E-state index contributed by atoms with van der Waals surface area (Å²) >= 11 is 0. The first-order chi connectivity index (χ1) is 15.9. The summed E-state index contributed by atoms with van der Waals surface area (Å²) in [6.45, 7) is 10.8. The normalized spacial score (nSPS) is 18.1. The van der Waals surface area contributed by atoms with Crippen LogP contribution in [0.1, 0.15) is 34.7 Å². The molecule has 2 aliphatic rings. The van der Waals surface area contributed by atoms with Gasteiger partial charge in [0.25, 0.3) is 5.91 Å². The lowest BCUT2D eigenvalue weighted by Gasteiger charge is -2.34. The fourth-order valence-corrected chi connectivity index (χ4v) is 5.34. The van der Waals surface area contributed by atoms with Crippen LogP contribution in [0.2, 0.25) is 0 Å². The molecule has 1 amide bonds. The number of amides is 1. The molecular formula is C31H29NO. The van der Waals surface area contributed by atoms with E-state index in [-0.39, 0.29) is 17.9 Å². The van der Waals surface area contributed by atoms with E-state index >= 15 is 0 Å². The number of rotatable bonds is 5. The molecule has 1 unspecified atom stereocenters. The lowest BCUT2D eigenvalue weighted by atomic mass is 9.81. The van der Waals surface area contributed by atoms with Crippen LogP contribution in [0.3, 0.4) is 0 Å². The van der Waals surface area contributed by atoms with Crippen LogP contribution in [0.4, 0.5) is 5.69 Å². The number of hydrogen-bond donors (Lipinski definition) is 0. The van der Waals surface area contributed by atoms with Crippen LogP contribution in [0.5, 0.6) is 0 Å². The Balaban J connectivity index is 1.68. The van der Waals surface area contributed by atoms with Gasteiger partial charge in [0.15, 0.2) is 0 Å². The molecule has 0 spiro atoms. The van der Waals surface area contributed by atoms with Gasteiger partial charge < -0.3 is 4.90 Å². The summed E-state index contributed by atoms with van der Waals surface area (Å²) in [5.41, 5.74) is 11.0. The molecule has 0 N–H and O–H groups in total. The molecule has 1 heterocycles. The van der Waals surface area contributed by atoms with Crippen LogP contribution in [-0.4, -0.2) is 11.9 Å². The minimum absolute atomic E-state index is 0.0249. The van der Waals surface area contributed by atoms with E-state index < -0.39 is 0 Å². The lowest BCUT2D eigenvalue weighted by Crippen LogP contribution is -2.40. The average Bonchev–Trinajstić information content (AvgIpc) is 3.35. The van der Waals surface area contributed by atoms with E-state index in [2.05, 4.69) is 75.9 Å². The Labute approximate surface area is 196 Å². The Bertz CT molecular complexity index is 1290. The highest BCUT2D eigenvalue weighted by Gasteiger charge is 2.39. The summed E-state index contributed by atoms with van der Waals surface area (Å²) in [6.07, 6.45) is 4.65. The number of para-hydroxylation sites is 1. The first-order valence-electron chi connectivity index (χ1n) is 11.6. The van der Waals surface area contributed by atoms with Gasteiger partial charge >= 0.3 is 0 Å². The van der Waals surface area contributed by atoms with Gasteiger partial charge in [-0.05, 0) is 67.2 Å². The standard InChI is InChI=1S/C31H29NO/c1-20(2)30(28-16-17-29(33)32(28)25-8-6-5-7-9-25)27-19-24-18-22(4)12-15-26(24)31(27)23-13-10-21(3)11-14-23/h5-18,28,30H,1,19H2,2-4H3/t28-,30?/m1/s1. The quantitative estimate of drug-likeness (QED) is 0.406. The molecule has 0 aromatic heterocycles. The zero-order valence-corrected chi connectivity index (χ0v) is 19.5. The fraction of sp³-hybridized carbons (Fsp3) is 0.194. The van der Waals surface area contributed by atoms with Crippen molar-refractivity contribution >= 4 is 17.2 Å². The summed E-state index contributed by atoms with van der Waals surface area (Å²) in [6, 6.07) is 25.4. The predicted octanol–water partition coefficient (Wildman–Crippen LogP) is 6.83. The van der Waals surface area contributed by atoms with Crippen molar-refractivity contribution in [3.8, 4) is 0 Å². The molecule has 164 valence electrons. The SMILES string of the molecule is C=C(C)C(C1=C(c2ccc(C)cc2)c2ccc(C)cc2C1)[C@H]1C=CC(=O)N1c1ccccc1. The first-order valence-corrected chi connectivity index (χ1v) is 11.6. The van der Waals surface area contributed by atoms with E-state index in [1.54, 1.807) is 6.08 Å². The largest absolute Gasteiger partial charge is 0.301 e. The predicted molar refractivity (Wildman–Crippen MR) is 137 cm³/mol. The van der Waals surface area contributed by atoms with Crippen LogP contribution in [0.15, 0.2) is 103 Å². The van der Waals surface area contributed by atoms with Gasteiger partial charge in [-0.25, -0.2) is 0 Å². The first kappa shape index (κ1) is 21.2. The van der Waals surface area contributed by atoms with E-state index in [1.807, 2.05) is 35.2 Å². The van der Waals surface area contributed by atoms with Crippen molar-refractivity contribution in [2.24, 2.45) is 5.92 Å². The van der Waals surface area contributed by atoms with E-state index in [4.69, 9.17) is 0 Å². The van der Waals surface area contributed by atoms with Gasteiger partial charge in [0.05, 0.1) is 6.04 Å². The minimum atomic E-state index is -0.0942. The van der Waals surface area contributed by atoms with Crippen molar-refractivity contribution in [3.63, 3.8) is 0 Å². The second kappa shape index (κ2) is 8.37. The van der Waals surface area contributed by atoms with E-state index in [0.717, 1.165) is 17.7 Å². The number of carbonyl (C=O) groups excluding carboxylic acids is 1. The Kier molecular flexibility index (Phi) is 5.38. The minimum Gasteiger partial charge on any atom is -0.301 e. The maximum atomic E-state index is 13.0. The molecule has 0 bridgehead atoms. The summed E-state index contributed by atoms with van der Waals surface area (Å²) < 4.78 is 0. The molecule has 1 aliphatic carbocycles. The van der Waals surface area contributed by atoms with Crippen molar-refractivity contribution in [2.45, 2.75) is 33.2 Å². The summed E-state index contributed by atoms with van der Waals surface area (Å²) in [5.74, 6) is 0.0539. The second-order valence-corrected chi connectivity index (χ2v) is 9.32. The van der Waals surface area contributed by atoms with Crippen molar-refractivity contribution in [1.29, 1.82) is 0 Å². The third-order valence-electron chi connectivity index (χ3n) is 6.83. The zero-order chi connectivity index (χ0) is 23.1. The number of hydrogen-bond acceptors (Lipinski definition) is 1. The highest BCUT2D eigenvalue weighted by atomic mass is 16.2. The van der Waals surface area contributed by atoms with Crippen molar-refractivity contribution in [2.75, 3.05) is 4.90 Å². The van der Waals surface area contributed by atoms with Gasteiger partial charge in [0, 0.05) is 17.7 Å². The molecule has 5 rings (SSSR count). The number of fused-ring (bicyclic) bond motifs is 1. The van der Waals surface area contributed by atoms with Crippen molar-refractivity contribution in [3.05, 3.63) is 130 Å². The van der Waals surface area contributed by atoms with E-state index in [1.165, 1.54) is 39.0 Å². The number of anilines is 1. The molecule has 2 atom stereocenters. The van der Waals surface area contributed by atoms with Crippen LogP contribution < -0.4 is 4.90 Å². The molecule has 1 aliphatic heterocycles. The monoisotopic (exact) mass is 431 g/mol. The maximum absolute atomic E-state index is 13.0. The second-order valence-electron chi connectivity index (χ2n) is 9.32. The lowest BCUT2D eigenvalue weighted by molar-refractivity contribution is -0.114. The topological polar surface area (TPSA) is 20.3 Å². The smallest absolute Gasteiger partial charge is 0.251 e. The Morgan fingerprint density at radius 2 is 1.67 bits per heavy atom. The highest BCUT2D eigenvalue weighted by molar-refractivity contribution is 6.05. The van der Waals surface area contributed by atoms with E-state index in [0.29, 0.717) is 0 Å². The molecule has 0 radical (unpaired) electrons. The zero-order valence-electron chi connectivity index (χ0n) is 19.5. The van der Waals surface area contributed by atoms with Gasteiger partial charge in [0.1, 0.15) is 0 Å². The summed E-state index contributed by atoms with van der Waals surface area (Å²) in [7, 11) is 0. The Hall–Kier alpha value is -3.65. The molecule has 0 saturated heterocycles. The van der Waals surface area contributed by atoms with Crippen LogP contribution in [0.25, 0.3) is 5.57 Å². The van der Waals surface area contributed by atoms with Gasteiger partial charge in [-0.2, -0.15) is 0 Å². The Morgan fingerprint density at radius 3 is 2.36 bits per heavy atom. The van der Waals surface area contributed by atoms with Crippen molar-refractivity contribution in [1.82, 2.24) is 0 Å². The van der Waals surface area contributed by atoms with Crippen LogP contribution in [0, 0.1) is 19.8 Å². The molecule has 3 aromatic carbocycles. The van der Waals surface area contributed by atoms with Crippen molar-refractivity contribution < 1.29 is 4.79 Å². The molecule has 2 heteroatoms. The van der Waals surface area contributed by atoms with Gasteiger partial charge in [-0.1, -0.05) is 90.0 Å². The third kappa shape index (κ3) is 3.76. The van der Waals surface area contributed by atoms with Gasteiger partial charge in [-0.15, -0.1) is 0 Å². The molecule has 3 aromatic rings. The third-order valence-corrected chi connectivity index (χ3v) is 6.83. The molecule has 0 fully saturated rings. The summed E-state index contributed by atoms with van der Waals surface area (Å²) in [5, 5.41) is 0. The molecule has 0 saturated carbocycles. The van der Waals surface area contributed by atoms with E-state index in [9.17, 15) is 4.79 Å². The van der Waals surface area contributed by atoms with Crippen LogP contribution >= 0.6 is 0 Å². The van der Waals surface area contributed by atoms with Gasteiger partial charge in [0.2, 0.25) is 0 Å². The molecule has 2 nitrogen and oxygen atoms in total. The van der Waals surface area contributed by atoms with Crippen LogP contribution in [-0.2, 0) is 11.2 Å². The maximum Gasteiger partial charge on any atom is 0.251 e. The highest BCUT2D eigenvalue weighted by Crippen LogP contribution is 2.45. The average molecular weight is 432 g/mol. The van der Waals surface area contributed by atoms with Gasteiger partial charge in [-0.3, -0.25) is 4.79 Å². The summed E-state index contributed by atoms with van der Waals surface area (Å²) in [4.78, 5) is 14.9. The molecular weight excluding hydrogens is 402 g/mol. The number of benzene rings is 3. The number of nitrogens with zero attached hydrogens (tertiary/aromatic N) is 1. The molecule has 33 heavy (non-hydrogen) atoms.